The van der Waals surface area contributed by atoms with Crippen molar-refractivity contribution < 1.29 is 14.6 Å². The lowest BCUT2D eigenvalue weighted by Crippen LogP contribution is -2.14. The highest BCUT2D eigenvalue weighted by Gasteiger charge is 2.24. The van der Waals surface area contributed by atoms with Crippen LogP contribution < -0.4 is 10.1 Å². The van der Waals surface area contributed by atoms with E-state index in [0.717, 1.165) is 29.7 Å². The Kier molecular flexibility index (Phi) is 3.92. The second kappa shape index (κ2) is 5.83. The van der Waals surface area contributed by atoms with Crippen molar-refractivity contribution in [2.24, 2.45) is 0 Å². The van der Waals surface area contributed by atoms with Gasteiger partial charge in [-0.05, 0) is 37.3 Å². The molecule has 20 heavy (non-hydrogen) atoms. The van der Waals surface area contributed by atoms with Crippen LogP contribution in [0.4, 0.5) is 0 Å². The fourth-order valence-electron chi connectivity index (χ4n) is 3.09. The third kappa shape index (κ3) is 2.80. The largest absolute Gasteiger partial charge is 0.490 e. The van der Waals surface area contributed by atoms with Gasteiger partial charge >= 0.3 is 0 Å². The summed E-state index contributed by atoms with van der Waals surface area (Å²) in [5, 5.41) is 12.3. The molecule has 1 atom stereocenters. The molecule has 1 aliphatic heterocycles. The van der Waals surface area contributed by atoms with E-state index in [1.165, 1.54) is 12.8 Å². The Bertz CT molecular complexity index is 494. The summed E-state index contributed by atoms with van der Waals surface area (Å²) in [5.41, 5.74) is 1.95. The quantitative estimate of drug-likeness (QED) is 0.884. The minimum Gasteiger partial charge on any atom is -0.490 e. The van der Waals surface area contributed by atoms with E-state index in [1.54, 1.807) is 0 Å². The van der Waals surface area contributed by atoms with E-state index in [4.69, 9.17) is 4.74 Å². The van der Waals surface area contributed by atoms with E-state index < -0.39 is 0 Å². The molecular weight excluding hydrogens is 254 g/mol. The standard InChI is InChI=1S/C16H21NO3/c18-10-12-6-5-11(13-8-16(19)17-9-13)7-15(12)20-14-3-1-2-4-14/h5-7,13-14,18H,1-4,8-10H2,(H,17,19). The summed E-state index contributed by atoms with van der Waals surface area (Å²) in [5.74, 6) is 1.12. The third-order valence-electron chi connectivity index (χ3n) is 4.31. The normalized spacial score (nSPS) is 23.1. The van der Waals surface area contributed by atoms with Crippen molar-refractivity contribution in [1.29, 1.82) is 0 Å². The number of benzene rings is 1. The molecule has 0 radical (unpaired) electrons. The fourth-order valence-corrected chi connectivity index (χ4v) is 3.09. The number of carbonyl (C=O) groups excluding carboxylic acids is 1. The highest BCUT2D eigenvalue weighted by Crippen LogP contribution is 2.31. The molecular formula is C16H21NO3. The van der Waals surface area contributed by atoms with Gasteiger partial charge in [0.05, 0.1) is 12.7 Å². The molecule has 2 N–H and O–H groups in total. The lowest BCUT2D eigenvalue weighted by atomic mass is 9.96. The molecule has 1 saturated heterocycles. The Morgan fingerprint density at radius 1 is 1.30 bits per heavy atom. The summed E-state index contributed by atoms with van der Waals surface area (Å²) >= 11 is 0. The lowest BCUT2D eigenvalue weighted by molar-refractivity contribution is -0.119. The molecule has 1 saturated carbocycles. The number of amides is 1. The van der Waals surface area contributed by atoms with Crippen molar-refractivity contribution in [3.05, 3.63) is 29.3 Å². The van der Waals surface area contributed by atoms with Gasteiger partial charge in [0.1, 0.15) is 5.75 Å². The van der Waals surface area contributed by atoms with Crippen molar-refractivity contribution in [2.75, 3.05) is 6.54 Å². The van der Waals surface area contributed by atoms with Crippen molar-refractivity contribution in [3.8, 4) is 5.75 Å². The number of nitrogens with one attached hydrogen (secondary N) is 1. The van der Waals surface area contributed by atoms with Gasteiger partial charge in [-0.25, -0.2) is 0 Å². The lowest BCUT2D eigenvalue weighted by Gasteiger charge is -2.18. The zero-order valence-corrected chi connectivity index (χ0v) is 11.6. The second-order valence-corrected chi connectivity index (χ2v) is 5.75. The monoisotopic (exact) mass is 275 g/mol. The second-order valence-electron chi connectivity index (χ2n) is 5.75. The first-order valence-electron chi connectivity index (χ1n) is 7.43. The van der Waals surface area contributed by atoms with Crippen molar-refractivity contribution in [1.82, 2.24) is 5.32 Å². The molecule has 2 aliphatic rings. The molecule has 1 unspecified atom stereocenters. The van der Waals surface area contributed by atoms with Gasteiger partial charge in [-0.15, -0.1) is 0 Å². The SMILES string of the molecule is O=C1CC(c2ccc(CO)c(OC3CCCC3)c2)CN1. The summed E-state index contributed by atoms with van der Waals surface area (Å²) in [6.07, 6.45) is 5.46. The predicted molar refractivity (Wildman–Crippen MR) is 75.6 cm³/mol. The maximum absolute atomic E-state index is 11.3. The Balaban J connectivity index is 1.80. The van der Waals surface area contributed by atoms with Gasteiger partial charge in [0.25, 0.3) is 0 Å². The van der Waals surface area contributed by atoms with Crippen LogP contribution in [0.15, 0.2) is 18.2 Å². The Morgan fingerprint density at radius 3 is 2.75 bits per heavy atom. The molecule has 1 amide bonds. The molecule has 0 spiro atoms. The van der Waals surface area contributed by atoms with Gasteiger partial charge in [-0.1, -0.05) is 12.1 Å². The fraction of sp³-hybridized carbons (Fsp3) is 0.562. The summed E-state index contributed by atoms with van der Waals surface area (Å²) in [6.45, 7) is 0.685. The van der Waals surface area contributed by atoms with E-state index in [9.17, 15) is 9.90 Å². The maximum Gasteiger partial charge on any atom is 0.220 e. The minimum absolute atomic E-state index is 0.00974. The molecule has 1 aliphatic carbocycles. The summed E-state index contributed by atoms with van der Waals surface area (Å²) in [4.78, 5) is 11.3. The number of hydrogen-bond donors (Lipinski definition) is 2. The number of aliphatic hydroxyl groups excluding tert-OH is 1. The van der Waals surface area contributed by atoms with Gasteiger partial charge < -0.3 is 15.2 Å². The van der Waals surface area contributed by atoms with Crippen LogP contribution in [0.3, 0.4) is 0 Å². The smallest absolute Gasteiger partial charge is 0.220 e. The first kappa shape index (κ1) is 13.4. The van der Waals surface area contributed by atoms with Gasteiger partial charge in [0.2, 0.25) is 5.91 Å². The van der Waals surface area contributed by atoms with Crippen LogP contribution in [0.1, 0.15) is 49.1 Å². The zero-order chi connectivity index (χ0) is 13.9. The third-order valence-corrected chi connectivity index (χ3v) is 4.31. The minimum atomic E-state index is -0.00974. The highest BCUT2D eigenvalue weighted by molar-refractivity contribution is 5.79. The summed E-state index contributed by atoms with van der Waals surface area (Å²) < 4.78 is 6.06. The number of aliphatic hydroxyl groups is 1. The van der Waals surface area contributed by atoms with Crippen LogP contribution in [0, 0.1) is 0 Å². The molecule has 4 heteroatoms. The Hall–Kier alpha value is -1.55. The molecule has 1 aromatic rings. The number of rotatable bonds is 4. The van der Waals surface area contributed by atoms with E-state index in [1.807, 2.05) is 18.2 Å². The van der Waals surface area contributed by atoms with Crippen LogP contribution in [-0.2, 0) is 11.4 Å². The van der Waals surface area contributed by atoms with Gasteiger partial charge in [-0.2, -0.15) is 0 Å². The Labute approximate surface area is 119 Å². The topological polar surface area (TPSA) is 58.6 Å². The first-order chi connectivity index (χ1) is 9.76. The van der Waals surface area contributed by atoms with E-state index in [0.29, 0.717) is 13.0 Å². The molecule has 1 heterocycles. The van der Waals surface area contributed by atoms with Crippen LogP contribution in [0.25, 0.3) is 0 Å². The molecule has 3 rings (SSSR count). The van der Waals surface area contributed by atoms with Crippen LogP contribution in [-0.4, -0.2) is 23.7 Å². The van der Waals surface area contributed by atoms with Crippen molar-refractivity contribution >= 4 is 5.91 Å². The van der Waals surface area contributed by atoms with Gasteiger partial charge in [0.15, 0.2) is 0 Å². The zero-order valence-electron chi connectivity index (χ0n) is 11.6. The molecule has 4 nitrogen and oxygen atoms in total. The Morgan fingerprint density at radius 2 is 2.10 bits per heavy atom. The van der Waals surface area contributed by atoms with Crippen LogP contribution in [0.5, 0.6) is 5.75 Å². The van der Waals surface area contributed by atoms with Crippen LogP contribution in [0.2, 0.25) is 0 Å². The molecule has 0 bridgehead atoms. The van der Waals surface area contributed by atoms with Gasteiger partial charge in [0, 0.05) is 24.4 Å². The van der Waals surface area contributed by atoms with Crippen LogP contribution >= 0.6 is 0 Å². The molecule has 2 fully saturated rings. The predicted octanol–water partition coefficient (Wildman–Crippen LogP) is 2.10. The highest BCUT2D eigenvalue weighted by atomic mass is 16.5. The first-order valence-corrected chi connectivity index (χ1v) is 7.43. The maximum atomic E-state index is 11.3. The molecule has 1 aromatic carbocycles. The molecule has 108 valence electrons. The van der Waals surface area contributed by atoms with E-state index >= 15 is 0 Å². The van der Waals surface area contributed by atoms with Crippen molar-refractivity contribution in [3.63, 3.8) is 0 Å². The van der Waals surface area contributed by atoms with Crippen molar-refractivity contribution in [2.45, 2.75) is 50.7 Å². The number of carbonyl (C=O) groups is 1. The van der Waals surface area contributed by atoms with Gasteiger partial charge in [-0.3, -0.25) is 4.79 Å². The van der Waals surface area contributed by atoms with E-state index in [2.05, 4.69) is 5.32 Å². The number of ether oxygens (including phenoxy) is 1. The van der Waals surface area contributed by atoms with E-state index in [-0.39, 0.29) is 24.5 Å². The average Bonchev–Trinajstić information content (AvgIpc) is 3.10. The number of hydrogen-bond acceptors (Lipinski definition) is 3. The average molecular weight is 275 g/mol. The molecule has 0 aromatic heterocycles. The summed E-state index contributed by atoms with van der Waals surface area (Å²) in [7, 11) is 0. The summed E-state index contributed by atoms with van der Waals surface area (Å²) in [6, 6.07) is 5.93.